The van der Waals surface area contributed by atoms with Gasteiger partial charge in [-0.15, -0.1) is 5.10 Å². The molecule has 2 aromatic rings. The Bertz CT molecular complexity index is 1600. The van der Waals surface area contributed by atoms with Gasteiger partial charge >= 0.3 is 0 Å². The van der Waals surface area contributed by atoms with Crippen LogP contribution >= 0.6 is 0 Å². The highest BCUT2D eigenvalue weighted by Gasteiger charge is 2.29. The Kier molecular flexibility index (Phi) is 10.1. The third-order valence-electron chi connectivity index (χ3n) is 5.15. The first-order chi connectivity index (χ1) is 19.3. The summed E-state index contributed by atoms with van der Waals surface area (Å²) in [6.45, 7) is 7.69. The number of benzene rings is 2. The molecule has 3 rings (SSSR count). The molecule has 0 bridgehead atoms. The molecule has 1 aliphatic carbocycles. The van der Waals surface area contributed by atoms with Crippen molar-refractivity contribution in [2.75, 3.05) is 0 Å². The van der Waals surface area contributed by atoms with Crippen LogP contribution in [0.25, 0.3) is 16.7 Å². The van der Waals surface area contributed by atoms with E-state index in [4.69, 9.17) is 5.53 Å². The van der Waals surface area contributed by atoms with E-state index in [0.717, 1.165) is 35.8 Å². The molecule has 1 saturated carbocycles. The number of allylic oxidation sites excluding steroid dienone is 1. The van der Waals surface area contributed by atoms with Gasteiger partial charge in [0.05, 0.1) is 11.1 Å². The Morgan fingerprint density at radius 1 is 1.05 bits per heavy atom. The number of rotatable bonds is 9. The highest BCUT2D eigenvalue weighted by molar-refractivity contribution is 6.04. The molecule has 0 aliphatic heterocycles. The summed E-state index contributed by atoms with van der Waals surface area (Å²) in [6.07, 6.45) is 2.77. The maximum Gasteiger partial charge on any atom is 0.256 e. The van der Waals surface area contributed by atoms with E-state index in [1.165, 1.54) is 6.07 Å². The van der Waals surface area contributed by atoms with Crippen LogP contribution in [0.5, 0.6) is 11.5 Å². The van der Waals surface area contributed by atoms with Crippen molar-refractivity contribution in [3.05, 3.63) is 53.1 Å². The van der Waals surface area contributed by atoms with Crippen LogP contribution in [0, 0.1) is 36.1 Å². The van der Waals surface area contributed by atoms with Crippen LogP contribution in [0.4, 0.5) is 0 Å². The average Bonchev–Trinajstić information content (AvgIpc) is 3.72. The first-order valence-electron chi connectivity index (χ1n) is 11.5. The first-order valence-corrected chi connectivity index (χ1v) is 11.5. The van der Waals surface area contributed by atoms with Gasteiger partial charge in [0.1, 0.15) is 17.7 Å². The lowest BCUT2D eigenvalue weighted by molar-refractivity contribution is 0.0948. The van der Waals surface area contributed by atoms with E-state index in [9.17, 15) is 15.0 Å². The molecule has 1 aliphatic rings. The van der Waals surface area contributed by atoms with Crippen molar-refractivity contribution in [1.82, 2.24) is 5.32 Å². The van der Waals surface area contributed by atoms with Crippen LogP contribution in [0.2, 0.25) is 0 Å². The van der Waals surface area contributed by atoms with Gasteiger partial charge in [-0.3, -0.25) is 4.79 Å². The zero-order valence-electron chi connectivity index (χ0n) is 21.4. The van der Waals surface area contributed by atoms with Crippen molar-refractivity contribution in [1.29, 1.82) is 5.53 Å². The van der Waals surface area contributed by atoms with Crippen molar-refractivity contribution in [2.45, 2.75) is 32.7 Å². The van der Waals surface area contributed by atoms with Gasteiger partial charge in [-0.1, -0.05) is 41.8 Å². The molecule has 0 saturated heterocycles. The summed E-state index contributed by atoms with van der Waals surface area (Å²) in [5.41, 5.74) is 9.37. The molecule has 0 heterocycles. The lowest BCUT2D eigenvalue weighted by Crippen LogP contribution is -2.26. The van der Waals surface area contributed by atoms with Gasteiger partial charge in [0.15, 0.2) is 0 Å². The van der Waals surface area contributed by atoms with Gasteiger partial charge in [0.25, 0.3) is 5.91 Å². The normalized spacial score (nSPS) is 13.1. The Balaban J connectivity index is 1.88. The molecule has 2 aromatic carbocycles. The fourth-order valence-electron chi connectivity index (χ4n) is 3.34. The quantitative estimate of drug-likeness (QED) is 0.134. The smallest absolute Gasteiger partial charge is 0.256 e. The number of carbonyl (C=O) groups excluding carboxylic acids is 1. The van der Waals surface area contributed by atoms with E-state index >= 15 is 0 Å². The highest BCUT2D eigenvalue weighted by atomic mass is 16.3. The maximum absolute atomic E-state index is 13.1. The second-order valence-electron chi connectivity index (χ2n) is 8.20. The second kappa shape index (κ2) is 14.1. The van der Waals surface area contributed by atoms with E-state index in [-0.39, 0.29) is 28.5 Å². The predicted molar refractivity (Wildman–Crippen MR) is 143 cm³/mol. The van der Waals surface area contributed by atoms with E-state index in [1.807, 2.05) is 32.0 Å². The number of nitrogens with zero attached hydrogens (tertiary/aromatic N) is 10. The molecular weight excluding hydrogens is 516 g/mol. The maximum atomic E-state index is 13.1. The van der Waals surface area contributed by atoms with Gasteiger partial charge in [-0.25, -0.2) is 0 Å². The number of nitrogens with one attached hydrogen (secondary N) is 2. The van der Waals surface area contributed by atoms with E-state index in [0.29, 0.717) is 5.56 Å². The largest absolute Gasteiger partial charge is 0.507 e. The Hall–Kier alpha value is -5.96. The second-order valence-corrected chi connectivity index (χ2v) is 8.20. The average molecular weight is 539 g/mol. The molecule has 0 unspecified atom stereocenters. The molecular formula is C25H22N12O3. The van der Waals surface area contributed by atoms with Gasteiger partial charge < -0.3 is 15.5 Å². The number of hydrogen-bond acceptors (Lipinski definition) is 5. The van der Waals surface area contributed by atoms with Crippen LogP contribution in [-0.2, 0) is 0 Å². The number of aryl methyl sites for hydroxylation is 1. The fraction of sp³-hybridized carbons (Fsp3) is 0.200. The molecule has 1 amide bonds. The van der Waals surface area contributed by atoms with Crippen molar-refractivity contribution in [3.8, 4) is 46.3 Å². The molecule has 1 fully saturated rings. The third-order valence-corrected chi connectivity index (χ3v) is 5.15. The van der Waals surface area contributed by atoms with E-state index < -0.39 is 11.7 Å². The summed E-state index contributed by atoms with van der Waals surface area (Å²) in [4.78, 5) is 13.1. The van der Waals surface area contributed by atoms with Crippen LogP contribution in [0.15, 0.2) is 83.0 Å². The lowest BCUT2D eigenvalue weighted by atomic mass is 9.90. The summed E-state index contributed by atoms with van der Waals surface area (Å²) >= 11 is 0. The Labute approximate surface area is 228 Å². The molecule has 4 N–H and O–H groups in total. The van der Waals surface area contributed by atoms with Gasteiger partial charge in [-0.05, 0) is 109 Å². The summed E-state index contributed by atoms with van der Waals surface area (Å²) in [7, 11) is 0. The summed E-state index contributed by atoms with van der Waals surface area (Å²) in [5.74, 6) is 9.09. The molecule has 15 heteroatoms. The molecule has 0 atom stereocenters. The lowest BCUT2D eigenvalue weighted by Gasteiger charge is -2.17. The first kappa shape index (κ1) is 28.6. The van der Waals surface area contributed by atoms with Crippen LogP contribution in [0.1, 0.15) is 46.8 Å². The topological polar surface area (TPSA) is 217 Å². The molecule has 0 spiro atoms. The molecule has 200 valence electrons. The number of carbonyl (C=O) groups is 1. The minimum atomic E-state index is -0.506. The number of amides is 1. The fourth-order valence-corrected chi connectivity index (χ4v) is 3.34. The third kappa shape index (κ3) is 8.02. The van der Waals surface area contributed by atoms with Gasteiger partial charge in [-0.2, -0.15) is 5.53 Å². The molecule has 15 nitrogen and oxygen atoms in total. The predicted octanol–water partition coefficient (Wildman–Crippen LogP) is 5.84. The van der Waals surface area contributed by atoms with Crippen LogP contribution < -0.4 is 5.32 Å². The summed E-state index contributed by atoms with van der Waals surface area (Å²) < 4.78 is 0. The Morgan fingerprint density at radius 2 is 1.73 bits per heavy atom. The van der Waals surface area contributed by atoms with Crippen molar-refractivity contribution in [2.24, 2.45) is 52.1 Å². The van der Waals surface area contributed by atoms with Crippen LogP contribution in [0.3, 0.4) is 0 Å². The highest BCUT2D eigenvalue weighted by Crippen LogP contribution is 2.44. The number of hydrogen-bond donors (Lipinski definition) is 4. The zero-order valence-corrected chi connectivity index (χ0v) is 21.4. The van der Waals surface area contributed by atoms with Gasteiger partial charge in [0, 0.05) is 11.6 Å². The summed E-state index contributed by atoms with van der Waals surface area (Å²) in [6, 6.07) is 6.91. The minimum absolute atomic E-state index is 0.0258. The Morgan fingerprint density at radius 3 is 2.38 bits per heavy atom. The zero-order chi connectivity index (χ0) is 28.9. The molecule has 0 aromatic heterocycles. The monoisotopic (exact) mass is 538 g/mol. The van der Waals surface area contributed by atoms with Crippen LogP contribution in [-0.4, -0.2) is 28.4 Å². The number of aromatic hydroxyl groups is 2. The van der Waals surface area contributed by atoms with E-state index in [2.05, 4.69) is 87.7 Å². The minimum Gasteiger partial charge on any atom is -0.507 e. The standard InChI is InChI=1S/C25H22N12O3/c1-15(2)19-11-8-16(3)13-20(19)23-21(38)14-17(22(24(23)39)25(40)28-18-9-10-18)7-5-4-6-12-27-30-32-34-36-37-35-33-31-29-26/h8,11-14,18,26,38-39H,1,9-10H2,2-3H3,(H,28,40)/b27-12+,29-26?,32-30+,33-31+,36-34+,37-35+. The molecule has 40 heavy (non-hydrogen) atoms. The van der Waals surface area contributed by atoms with Gasteiger partial charge in [0.2, 0.25) is 0 Å². The number of phenolic OH excluding ortho intramolecular Hbond substituents is 2. The van der Waals surface area contributed by atoms with Crippen molar-refractivity contribution >= 4 is 17.7 Å². The number of phenols is 2. The van der Waals surface area contributed by atoms with E-state index in [1.54, 1.807) is 0 Å². The summed E-state index contributed by atoms with van der Waals surface area (Å²) in [5, 5.41) is 55.6. The van der Waals surface area contributed by atoms with Crippen molar-refractivity contribution in [3.63, 3.8) is 0 Å². The molecule has 0 radical (unpaired) electrons. The van der Waals surface area contributed by atoms with Crippen molar-refractivity contribution < 1.29 is 15.0 Å². The SMILES string of the molecule is C=C(C)c1ccc(C)cc1-c1c(O)cc(C#CC#C/C=N/N=N/N=N/N=N/N=N/N=N)c(C(=O)NC2CC2)c1O.